The van der Waals surface area contributed by atoms with Crippen molar-refractivity contribution < 1.29 is 19.4 Å². The topological polar surface area (TPSA) is 63.9 Å². The molecule has 0 amide bonds. The number of piperidine rings is 1. The fraction of sp³-hybridized carbons (Fsp3) is 0.464. The molecule has 1 saturated heterocycles. The van der Waals surface area contributed by atoms with Crippen LogP contribution in [-0.4, -0.2) is 59.5 Å². The standard InChI is InChI=1S/C28H36N2O4.ClH/c1-5-33-28(32)27-21(4)30(22-8-6-19(2)7-9-22)26-11-10-24(16-25(26)27)34-18-23(31)17-29-14-12-20(3)13-15-29;/h6-11,16,20,23,31H,5,12-15,17-18H2,1-4H3;1H. The van der Waals surface area contributed by atoms with Crippen molar-refractivity contribution in [3.63, 3.8) is 0 Å². The molecule has 0 bridgehead atoms. The van der Waals surface area contributed by atoms with Crippen LogP contribution in [0.4, 0.5) is 0 Å². The zero-order valence-electron chi connectivity index (χ0n) is 21.1. The Kier molecular flexibility index (Phi) is 9.22. The minimum absolute atomic E-state index is 0. The van der Waals surface area contributed by atoms with Crippen molar-refractivity contribution in [1.29, 1.82) is 0 Å². The van der Waals surface area contributed by atoms with Crippen LogP contribution in [0.1, 0.15) is 48.3 Å². The predicted molar refractivity (Wildman–Crippen MR) is 142 cm³/mol. The lowest BCUT2D eigenvalue weighted by Crippen LogP contribution is -2.40. The summed E-state index contributed by atoms with van der Waals surface area (Å²) in [6, 6.07) is 14.0. The quantitative estimate of drug-likeness (QED) is 0.424. The lowest BCUT2D eigenvalue weighted by molar-refractivity contribution is 0.0527. The number of hydrogen-bond donors (Lipinski definition) is 1. The molecular formula is C28H37ClN2O4. The molecule has 4 rings (SSSR count). The van der Waals surface area contributed by atoms with Crippen LogP contribution in [0.5, 0.6) is 5.75 Å². The first kappa shape index (κ1) is 27.1. The van der Waals surface area contributed by atoms with Gasteiger partial charge in [-0.15, -0.1) is 12.4 Å². The van der Waals surface area contributed by atoms with E-state index in [1.807, 2.05) is 32.0 Å². The molecule has 0 radical (unpaired) electrons. The molecule has 1 atom stereocenters. The van der Waals surface area contributed by atoms with Crippen LogP contribution in [-0.2, 0) is 4.74 Å². The maximum atomic E-state index is 12.9. The average Bonchev–Trinajstić information content (AvgIpc) is 3.11. The summed E-state index contributed by atoms with van der Waals surface area (Å²) in [4.78, 5) is 15.2. The lowest BCUT2D eigenvalue weighted by Gasteiger charge is -2.31. The number of nitrogens with zero attached hydrogens (tertiary/aromatic N) is 2. The van der Waals surface area contributed by atoms with Crippen molar-refractivity contribution in [2.75, 3.05) is 32.8 Å². The number of benzene rings is 2. The van der Waals surface area contributed by atoms with E-state index in [1.54, 1.807) is 0 Å². The Morgan fingerprint density at radius 2 is 1.80 bits per heavy atom. The minimum atomic E-state index is -0.562. The van der Waals surface area contributed by atoms with E-state index in [9.17, 15) is 9.90 Å². The van der Waals surface area contributed by atoms with Crippen LogP contribution in [0.3, 0.4) is 0 Å². The molecule has 1 aromatic heterocycles. The fourth-order valence-electron chi connectivity index (χ4n) is 4.76. The van der Waals surface area contributed by atoms with Gasteiger partial charge in [0.05, 0.1) is 17.7 Å². The van der Waals surface area contributed by atoms with Gasteiger partial charge in [-0.05, 0) is 83.0 Å². The van der Waals surface area contributed by atoms with Gasteiger partial charge in [-0.1, -0.05) is 24.6 Å². The number of halogens is 1. The summed E-state index contributed by atoms with van der Waals surface area (Å²) >= 11 is 0. The highest BCUT2D eigenvalue weighted by atomic mass is 35.5. The van der Waals surface area contributed by atoms with E-state index in [1.165, 1.54) is 18.4 Å². The van der Waals surface area contributed by atoms with Crippen LogP contribution >= 0.6 is 12.4 Å². The number of carbonyl (C=O) groups is 1. The molecular weight excluding hydrogens is 464 g/mol. The van der Waals surface area contributed by atoms with Gasteiger partial charge in [0.25, 0.3) is 0 Å². The van der Waals surface area contributed by atoms with Crippen molar-refractivity contribution in [3.05, 3.63) is 59.3 Å². The molecule has 3 aromatic rings. The molecule has 0 saturated carbocycles. The Morgan fingerprint density at radius 3 is 2.46 bits per heavy atom. The summed E-state index contributed by atoms with van der Waals surface area (Å²) in [5, 5.41) is 11.3. The van der Waals surface area contributed by atoms with Crippen LogP contribution in [0.15, 0.2) is 42.5 Å². The normalized spacial score (nSPS) is 15.6. The SMILES string of the molecule is CCOC(=O)c1c(C)n(-c2ccc(C)cc2)c2ccc(OCC(O)CN3CCC(C)CC3)cc12.Cl. The molecule has 190 valence electrons. The predicted octanol–water partition coefficient (Wildman–Crippen LogP) is 5.32. The van der Waals surface area contributed by atoms with Crippen molar-refractivity contribution in [2.45, 2.75) is 46.6 Å². The van der Waals surface area contributed by atoms with Gasteiger partial charge in [-0.3, -0.25) is 0 Å². The van der Waals surface area contributed by atoms with Crippen LogP contribution in [0.2, 0.25) is 0 Å². The number of aliphatic hydroxyl groups excluding tert-OH is 1. The van der Waals surface area contributed by atoms with E-state index in [0.717, 1.165) is 41.3 Å². The first-order valence-electron chi connectivity index (χ1n) is 12.3. The summed E-state index contributed by atoms with van der Waals surface area (Å²) in [5.41, 5.74) is 4.46. The highest BCUT2D eigenvalue weighted by molar-refractivity contribution is 6.07. The van der Waals surface area contributed by atoms with E-state index in [-0.39, 0.29) is 25.0 Å². The molecule has 1 N–H and O–H groups in total. The monoisotopic (exact) mass is 500 g/mol. The van der Waals surface area contributed by atoms with Gasteiger partial charge in [-0.25, -0.2) is 4.79 Å². The smallest absolute Gasteiger partial charge is 0.340 e. The summed E-state index contributed by atoms with van der Waals surface area (Å²) in [5.74, 6) is 1.05. The average molecular weight is 501 g/mol. The number of aryl methyl sites for hydroxylation is 1. The van der Waals surface area contributed by atoms with Crippen molar-refractivity contribution in [1.82, 2.24) is 9.47 Å². The Balaban J connectivity index is 0.00000342. The zero-order chi connectivity index (χ0) is 24.2. The first-order chi connectivity index (χ1) is 16.4. The first-order valence-corrected chi connectivity index (χ1v) is 12.3. The second-order valence-corrected chi connectivity index (χ2v) is 9.48. The van der Waals surface area contributed by atoms with Crippen LogP contribution in [0.25, 0.3) is 16.6 Å². The molecule has 2 heterocycles. The molecule has 0 aliphatic carbocycles. The van der Waals surface area contributed by atoms with Gasteiger partial charge in [0, 0.05) is 23.3 Å². The third-order valence-electron chi connectivity index (χ3n) is 6.73. The molecule has 1 unspecified atom stereocenters. The zero-order valence-corrected chi connectivity index (χ0v) is 21.9. The number of esters is 1. The number of aliphatic hydroxyl groups is 1. The number of likely N-dealkylation sites (tertiary alicyclic amines) is 1. The number of ether oxygens (including phenoxy) is 2. The van der Waals surface area contributed by atoms with Gasteiger partial charge in [0.2, 0.25) is 0 Å². The largest absolute Gasteiger partial charge is 0.491 e. The Hall–Kier alpha value is -2.54. The van der Waals surface area contributed by atoms with Crippen molar-refractivity contribution >= 4 is 29.3 Å². The molecule has 6 nitrogen and oxygen atoms in total. The van der Waals surface area contributed by atoms with E-state index in [4.69, 9.17) is 9.47 Å². The molecule has 2 aromatic carbocycles. The third-order valence-corrected chi connectivity index (χ3v) is 6.73. The maximum Gasteiger partial charge on any atom is 0.340 e. The molecule has 1 aliphatic rings. The summed E-state index contributed by atoms with van der Waals surface area (Å²) in [6.45, 7) is 11.3. The Labute approximate surface area is 214 Å². The Morgan fingerprint density at radius 1 is 1.11 bits per heavy atom. The van der Waals surface area contributed by atoms with E-state index < -0.39 is 6.10 Å². The highest BCUT2D eigenvalue weighted by Crippen LogP contribution is 2.33. The summed E-state index contributed by atoms with van der Waals surface area (Å²) < 4.78 is 13.4. The van der Waals surface area contributed by atoms with Crippen LogP contribution in [0, 0.1) is 19.8 Å². The van der Waals surface area contributed by atoms with Gasteiger partial charge >= 0.3 is 5.97 Å². The Bertz CT molecular complexity index is 1130. The number of carbonyl (C=O) groups excluding carboxylic acids is 1. The van der Waals surface area contributed by atoms with E-state index in [2.05, 4.69) is 47.6 Å². The number of fused-ring (bicyclic) bond motifs is 1. The molecule has 1 fully saturated rings. The van der Waals surface area contributed by atoms with Crippen molar-refractivity contribution in [2.24, 2.45) is 5.92 Å². The molecule has 7 heteroatoms. The van der Waals surface area contributed by atoms with Gasteiger partial charge < -0.3 is 24.0 Å². The van der Waals surface area contributed by atoms with Crippen molar-refractivity contribution in [3.8, 4) is 11.4 Å². The third kappa shape index (κ3) is 6.18. The minimum Gasteiger partial charge on any atom is -0.491 e. The lowest BCUT2D eigenvalue weighted by atomic mass is 9.99. The number of rotatable bonds is 8. The second kappa shape index (κ2) is 11.9. The van der Waals surface area contributed by atoms with E-state index >= 15 is 0 Å². The summed E-state index contributed by atoms with van der Waals surface area (Å²) in [7, 11) is 0. The van der Waals surface area contributed by atoms with Gasteiger partial charge in [0.1, 0.15) is 18.5 Å². The molecule has 35 heavy (non-hydrogen) atoms. The van der Waals surface area contributed by atoms with Gasteiger partial charge in [-0.2, -0.15) is 0 Å². The van der Waals surface area contributed by atoms with E-state index in [0.29, 0.717) is 24.5 Å². The van der Waals surface area contributed by atoms with Gasteiger partial charge in [0.15, 0.2) is 0 Å². The number of aromatic nitrogens is 1. The number of β-amino-alcohol motifs (C(OH)–C–C–N with tert-alkyl or cyclic N) is 1. The fourth-order valence-corrected chi connectivity index (χ4v) is 4.76. The second-order valence-electron chi connectivity index (χ2n) is 9.48. The molecule has 0 spiro atoms. The van der Waals surface area contributed by atoms with Crippen LogP contribution < -0.4 is 4.74 Å². The summed E-state index contributed by atoms with van der Waals surface area (Å²) in [6.07, 6.45) is 1.80. The maximum absolute atomic E-state index is 12.9. The molecule has 1 aliphatic heterocycles. The highest BCUT2D eigenvalue weighted by Gasteiger charge is 2.23. The number of hydrogen-bond acceptors (Lipinski definition) is 5.